The average molecular weight is 341 g/mol. The van der Waals surface area contributed by atoms with Crippen LogP contribution in [-0.4, -0.2) is 26.4 Å². The molecule has 0 radical (unpaired) electrons. The van der Waals surface area contributed by atoms with E-state index in [9.17, 15) is 0 Å². The molecular formula is C16H21BrO3. The number of benzene rings is 1. The molecule has 4 heteroatoms. The Morgan fingerprint density at radius 3 is 2.70 bits per heavy atom. The lowest BCUT2D eigenvalue weighted by Crippen LogP contribution is -2.21. The molecule has 0 spiro atoms. The van der Waals surface area contributed by atoms with Crippen LogP contribution in [0.15, 0.2) is 18.2 Å². The van der Waals surface area contributed by atoms with Crippen LogP contribution in [0, 0.1) is 11.8 Å². The highest BCUT2D eigenvalue weighted by molar-refractivity contribution is 9.09. The van der Waals surface area contributed by atoms with Crippen LogP contribution in [-0.2, 0) is 4.74 Å². The van der Waals surface area contributed by atoms with Crippen LogP contribution in [0.25, 0.3) is 0 Å². The molecule has 1 saturated heterocycles. The average Bonchev–Trinajstić information content (AvgIpc) is 2.69. The van der Waals surface area contributed by atoms with Gasteiger partial charge in [0, 0.05) is 17.4 Å². The number of hydrogen-bond acceptors (Lipinski definition) is 3. The Balaban J connectivity index is 1.77. The maximum Gasteiger partial charge on any atom is 0.161 e. The summed E-state index contributed by atoms with van der Waals surface area (Å²) >= 11 is 3.83. The molecule has 0 bridgehead atoms. The zero-order chi connectivity index (χ0) is 13.9. The van der Waals surface area contributed by atoms with Crippen molar-refractivity contribution in [2.45, 2.75) is 24.6 Å². The van der Waals surface area contributed by atoms with Crippen LogP contribution in [0.5, 0.6) is 11.5 Å². The van der Waals surface area contributed by atoms with Crippen molar-refractivity contribution >= 4 is 15.9 Å². The monoisotopic (exact) mass is 340 g/mol. The second-order valence-electron chi connectivity index (χ2n) is 5.81. The second kappa shape index (κ2) is 6.35. The van der Waals surface area contributed by atoms with Gasteiger partial charge in [0.15, 0.2) is 11.5 Å². The van der Waals surface area contributed by atoms with Crippen molar-refractivity contribution in [3.8, 4) is 11.5 Å². The van der Waals surface area contributed by atoms with Crippen molar-refractivity contribution in [2.24, 2.45) is 11.8 Å². The highest BCUT2D eigenvalue weighted by atomic mass is 79.9. The zero-order valence-corrected chi connectivity index (χ0v) is 13.4. The standard InChI is InChI=1S/C16H21BrO3/c1-11-8-19-14-5-4-12(7-15(14)20-9-11)16(17)13-3-2-6-18-10-13/h4-5,7,11,13,16H,2-3,6,8-10H2,1H3. The van der Waals surface area contributed by atoms with Gasteiger partial charge in [0.2, 0.25) is 0 Å². The molecule has 1 fully saturated rings. The van der Waals surface area contributed by atoms with Gasteiger partial charge in [0.05, 0.1) is 19.8 Å². The summed E-state index contributed by atoms with van der Waals surface area (Å²) in [5.74, 6) is 2.69. The lowest BCUT2D eigenvalue weighted by molar-refractivity contribution is 0.0546. The van der Waals surface area contributed by atoms with Gasteiger partial charge in [-0.05, 0) is 36.5 Å². The first-order valence-corrected chi connectivity index (χ1v) is 8.27. The maximum atomic E-state index is 5.86. The first kappa shape index (κ1) is 14.2. The van der Waals surface area contributed by atoms with Gasteiger partial charge in [0.1, 0.15) is 0 Å². The molecule has 3 nitrogen and oxygen atoms in total. The van der Waals surface area contributed by atoms with Crippen molar-refractivity contribution in [1.82, 2.24) is 0 Å². The van der Waals surface area contributed by atoms with Crippen LogP contribution in [0.4, 0.5) is 0 Å². The molecule has 0 amide bonds. The SMILES string of the molecule is CC1COc2ccc(C(Br)C3CCCOC3)cc2OC1. The molecule has 110 valence electrons. The Kier molecular flexibility index (Phi) is 4.51. The fourth-order valence-corrected chi connectivity index (χ4v) is 3.41. The maximum absolute atomic E-state index is 5.86. The largest absolute Gasteiger partial charge is 0.489 e. The molecule has 3 atom stereocenters. The van der Waals surface area contributed by atoms with Gasteiger partial charge >= 0.3 is 0 Å². The summed E-state index contributed by atoms with van der Waals surface area (Å²) < 4.78 is 17.2. The molecule has 2 heterocycles. The van der Waals surface area contributed by atoms with Crippen LogP contribution in [0.1, 0.15) is 30.2 Å². The zero-order valence-electron chi connectivity index (χ0n) is 11.8. The lowest BCUT2D eigenvalue weighted by atomic mass is 9.94. The first-order valence-electron chi connectivity index (χ1n) is 7.35. The first-order chi connectivity index (χ1) is 9.74. The Hall–Kier alpha value is -0.740. The van der Waals surface area contributed by atoms with E-state index in [2.05, 4.69) is 35.0 Å². The third-order valence-corrected chi connectivity index (χ3v) is 5.22. The Morgan fingerprint density at radius 1 is 1.15 bits per heavy atom. The smallest absolute Gasteiger partial charge is 0.161 e. The van der Waals surface area contributed by atoms with Gasteiger partial charge in [-0.15, -0.1) is 0 Å². The topological polar surface area (TPSA) is 27.7 Å². The molecule has 2 aliphatic heterocycles. The summed E-state index contributed by atoms with van der Waals surface area (Å²) in [7, 11) is 0. The fourth-order valence-electron chi connectivity index (χ4n) is 2.71. The molecule has 20 heavy (non-hydrogen) atoms. The molecule has 0 saturated carbocycles. The molecule has 1 aromatic carbocycles. The molecule has 2 aliphatic rings. The van der Waals surface area contributed by atoms with Gasteiger partial charge in [-0.25, -0.2) is 0 Å². The van der Waals surface area contributed by atoms with E-state index in [1.54, 1.807) is 0 Å². The van der Waals surface area contributed by atoms with Gasteiger partial charge in [0.25, 0.3) is 0 Å². The highest BCUT2D eigenvalue weighted by Crippen LogP contribution is 2.40. The summed E-state index contributed by atoms with van der Waals surface area (Å²) in [4.78, 5) is 0.317. The molecule has 3 rings (SSSR count). The minimum absolute atomic E-state index is 0.317. The van der Waals surface area contributed by atoms with Crippen LogP contribution in [0.2, 0.25) is 0 Å². The summed E-state index contributed by atoms with van der Waals surface area (Å²) in [5.41, 5.74) is 1.25. The summed E-state index contributed by atoms with van der Waals surface area (Å²) in [6.07, 6.45) is 2.36. The van der Waals surface area contributed by atoms with Crippen molar-refractivity contribution in [3.05, 3.63) is 23.8 Å². The number of alkyl halides is 1. The van der Waals surface area contributed by atoms with Gasteiger partial charge < -0.3 is 14.2 Å². The number of fused-ring (bicyclic) bond motifs is 1. The van der Waals surface area contributed by atoms with Gasteiger partial charge in [-0.2, -0.15) is 0 Å². The third-order valence-electron chi connectivity index (χ3n) is 3.94. The van der Waals surface area contributed by atoms with Crippen molar-refractivity contribution in [3.63, 3.8) is 0 Å². The van der Waals surface area contributed by atoms with Crippen LogP contribution < -0.4 is 9.47 Å². The lowest BCUT2D eigenvalue weighted by Gasteiger charge is -2.27. The van der Waals surface area contributed by atoms with E-state index >= 15 is 0 Å². The van der Waals surface area contributed by atoms with Crippen molar-refractivity contribution in [2.75, 3.05) is 26.4 Å². The van der Waals surface area contributed by atoms with Gasteiger partial charge in [-0.1, -0.05) is 28.9 Å². The number of hydrogen-bond donors (Lipinski definition) is 0. The number of halogens is 1. The van der Waals surface area contributed by atoms with E-state index in [4.69, 9.17) is 14.2 Å². The highest BCUT2D eigenvalue weighted by Gasteiger charge is 2.25. The minimum Gasteiger partial charge on any atom is -0.489 e. The second-order valence-corrected chi connectivity index (χ2v) is 6.80. The van der Waals surface area contributed by atoms with Crippen molar-refractivity contribution < 1.29 is 14.2 Å². The fraction of sp³-hybridized carbons (Fsp3) is 0.625. The van der Waals surface area contributed by atoms with E-state index in [-0.39, 0.29) is 0 Å². The van der Waals surface area contributed by atoms with Crippen LogP contribution >= 0.6 is 15.9 Å². The van der Waals surface area contributed by atoms with Gasteiger partial charge in [-0.3, -0.25) is 0 Å². The molecule has 0 N–H and O–H groups in total. The molecule has 0 aromatic heterocycles. The predicted octanol–water partition coefficient (Wildman–Crippen LogP) is 3.96. The molecular weight excluding hydrogens is 320 g/mol. The number of ether oxygens (including phenoxy) is 3. The molecule has 0 aliphatic carbocycles. The summed E-state index contributed by atoms with van der Waals surface area (Å²) in [6.45, 7) is 5.31. The quantitative estimate of drug-likeness (QED) is 0.762. The third kappa shape index (κ3) is 3.12. The molecule has 3 unspecified atom stereocenters. The van der Waals surface area contributed by atoms with E-state index < -0.39 is 0 Å². The Morgan fingerprint density at radius 2 is 1.95 bits per heavy atom. The van der Waals surface area contributed by atoms with E-state index in [1.165, 1.54) is 12.0 Å². The van der Waals surface area contributed by atoms with Crippen molar-refractivity contribution in [1.29, 1.82) is 0 Å². The van der Waals surface area contributed by atoms with E-state index in [1.807, 2.05) is 6.07 Å². The van der Waals surface area contributed by atoms with Crippen LogP contribution in [0.3, 0.4) is 0 Å². The summed E-state index contributed by atoms with van der Waals surface area (Å²) in [6, 6.07) is 6.27. The predicted molar refractivity (Wildman–Crippen MR) is 81.8 cm³/mol. The minimum atomic E-state index is 0.317. The molecule has 1 aromatic rings. The van der Waals surface area contributed by atoms with E-state index in [0.29, 0.717) is 16.7 Å². The summed E-state index contributed by atoms with van der Waals surface area (Å²) in [5, 5.41) is 0. The normalized spacial score (nSPS) is 27.7. The Labute approximate surface area is 128 Å². The number of rotatable bonds is 2. The van der Waals surface area contributed by atoms with E-state index in [0.717, 1.165) is 44.3 Å². The Bertz CT molecular complexity index is 457.